The molecule has 0 aliphatic carbocycles. The monoisotopic (exact) mass is 342 g/mol. The average Bonchev–Trinajstić information content (AvgIpc) is 2.57. The molecule has 1 heterocycles. The van der Waals surface area contributed by atoms with Crippen LogP contribution in [0.1, 0.15) is 20.3 Å². The van der Waals surface area contributed by atoms with Gasteiger partial charge in [0, 0.05) is 18.7 Å². The fourth-order valence-electron chi connectivity index (χ4n) is 2.71. The van der Waals surface area contributed by atoms with E-state index in [-0.39, 0.29) is 30.6 Å². The quantitative estimate of drug-likeness (QED) is 0.927. The minimum absolute atomic E-state index is 0.119. The summed E-state index contributed by atoms with van der Waals surface area (Å²) in [4.78, 5) is 26.4. The lowest BCUT2D eigenvalue weighted by Crippen LogP contribution is -2.53. The van der Waals surface area contributed by atoms with Crippen LogP contribution in [-0.4, -0.2) is 24.0 Å². The number of para-hydroxylation sites is 2. The normalized spacial score (nSPS) is 15.3. The summed E-state index contributed by atoms with van der Waals surface area (Å²) >= 11 is 0. The second-order valence-electron chi connectivity index (χ2n) is 6.34. The maximum absolute atomic E-state index is 12.9. The van der Waals surface area contributed by atoms with E-state index in [1.165, 1.54) is 24.3 Å². The third kappa shape index (κ3) is 3.63. The molecule has 0 bridgehead atoms. The van der Waals surface area contributed by atoms with E-state index in [2.05, 4.69) is 5.32 Å². The molecule has 0 unspecified atom stereocenters. The Hall–Kier alpha value is -2.89. The largest absolute Gasteiger partial charge is 0.476 e. The average molecular weight is 342 g/mol. The van der Waals surface area contributed by atoms with Crippen molar-refractivity contribution in [1.82, 2.24) is 0 Å². The van der Waals surface area contributed by atoms with Crippen LogP contribution in [-0.2, 0) is 9.59 Å². The van der Waals surface area contributed by atoms with Gasteiger partial charge in [0.2, 0.25) is 5.91 Å². The van der Waals surface area contributed by atoms with E-state index in [1.807, 2.05) is 12.1 Å². The molecule has 0 aromatic heterocycles. The number of carbonyl (C=O) groups excluding carboxylic acids is 2. The molecular formula is C19H19FN2O3. The van der Waals surface area contributed by atoms with Gasteiger partial charge in [0.05, 0.1) is 5.69 Å². The summed E-state index contributed by atoms with van der Waals surface area (Å²) in [5.41, 5.74) is 0.184. The number of nitrogens with one attached hydrogen (secondary N) is 1. The van der Waals surface area contributed by atoms with Gasteiger partial charge >= 0.3 is 0 Å². The van der Waals surface area contributed by atoms with Gasteiger partial charge in [-0.3, -0.25) is 9.59 Å². The summed E-state index contributed by atoms with van der Waals surface area (Å²) in [5, 5.41) is 2.69. The van der Waals surface area contributed by atoms with Gasteiger partial charge in [0.25, 0.3) is 5.91 Å². The number of hydrogen-bond acceptors (Lipinski definition) is 3. The van der Waals surface area contributed by atoms with Crippen molar-refractivity contribution in [3.63, 3.8) is 0 Å². The third-order valence-corrected chi connectivity index (χ3v) is 3.97. The van der Waals surface area contributed by atoms with Crippen molar-refractivity contribution in [2.75, 3.05) is 16.8 Å². The Balaban J connectivity index is 1.70. The van der Waals surface area contributed by atoms with Crippen LogP contribution in [0, 0.1) is 5.82 Å². The zero-order chi connectivity index (χ0) is 18.0. The zero-order valence-electron chi connectivity index (χ0n) is 14.1. The number of halogens is 1. The molecule has 130 valence electrons. The van der Waals surface area contributed by atoms with Crippen LogP contribution in [0.15, 0.2) is 48.5 Å². The van der Waals surface area contributed by atoms with Crippen molar-refractivity contribution in [2.24, 2.45) is 0 Å². The lowest BCUT2D eigenvalue weighted by Gasteiger charge is -2.38. The van der Waals surface area contributed by atoms with Gasteiger partial charge in [-0.15, -0.1) is 0 Å². The highest BCUT2D eigenvalue weighted by atomic mass is 19.1. The van der Waals surface area contributed by atoms with Crippen molar-refractivity contribution in [3.05, 3.63) is 54.3 Å². The molecule has 6 heteroatoms. The number of amides is 2. The fraction of sp³-hybridized carbons (Fsp3) is 0.263. The van der Waals surface area contributed by atoms with Gasteiger partial charge in [-0.05, 0) is 50.2 Å². The first-order valence-electron chi connectivity index (χ1n) is 8.02. The Morgan fingerprint density at radius 1 is 1.16 bits per heavy atom. The lowest BCUT2D eigenvalue weighted by atomic mass is 10.0. The molecule has 0 saturated carbocycles. The van der Waals surface area contributed by atoms with E-state index in [1.54, 1.807) is 30.9 Å². The molecule has 0 atom stereocenters. The zero-order valence-corrected chi connectivity index (χ0v) is 14.1. The Labute approximate surface area is 145 Å². The second kappa shape index (κ2) is 6.55. The molecule has 1 N–H and O–H groups in total. The first-order chi connectivity index (χ1) is 11.9. The molecule has 0 saturated heterocycles. The second-order valence-corrected chi connectivity index (χ2v) is 6.34. The van der Waals surface area contributed by atoms with E-state index in [9.17, 15) is 14.0 Å². The number of anilines is 2. The van der Waals surface area contributed by atoms with Crippen LogP contribution in [0.4, 0.5) is 15.8 Å². The smallest absolute Gasteiger partial charge is 0.270 e. The van der Waals surface area contributed by atoms with Crippen molar-refractivity contribution in [3.8, 4) is 5.75 Å². The van der Waals surface area contributed by atoms with Gasteiger partial charge in [-0.25, -0.2) is 4.39 Å². The summed E-state index contributed by atoms with van der Waals surface area (Å²) in [6, 6.07) is 12.8. The fourth-order valence-corrected chi connectivity index (χ4v) is 2.71. The first kappa shape index (κ1) is 17.0. The molecule has 5 nitrogen and oxygen atoms in total. The predicted octanol–water partition coefficient (Wildman–Crippen LogP) is 3.36. The predicted molar refractivity (Wildman–Crippen MR) is 93.1 cm³/mol. The van der Waals surface area contributed by atoms with Crippen LogP contribution in [0.25, 0.3) is 0 Å². The highest BCUT2D eigenvalue weighted by Gasteiger charge is 2.40. The minimum atomic E-state index is -0.984. The number of nitrogens with zero attached hydrogens (tertiary/aromatic N) is 1. The Kier molecular flexibility index (Phi) is 4.44. The van der Waals surface area contributed by atoms with Gasteiger partial charge < -0.3 is 15.0 Å². The lowest BCUT2D eigenvalue weighted by molar-refractivity contribution is -0.132. The summed E-state index contributed by atoms with van der Waals surface area (Å²) in [7, 11) is 0. The van der Waals surface area contributed by atoms with Crippen LogP contribution in [0.3, 0.4) is 0 Å². The van der Waals surface area contributed by atoms with E-state index < -0.39 is 5.60 Å². The molecule has 1 aliphatic heterocycles. The van der Waals surface area contributed by atoms with Crippen molar-refractivity contribution < 1.29 is 18.7 Å². The molecule has 0 fully saturated rings. The number of benzene rings is 2. The van der Waals surface area contributed by atoms with Crippen molar-refractivity contribution >= 4 is 23.2 Å². The number of carbonyl (C=O) groups is 2. The van der Waals surface area contributed by atoms with E-state index in [4.69, 9.17) is 4.74 Å². The van der Waals surface area contributed by atoms with Crippen molar-refractivity contribution in [1.29, 1.82) is 0 Å². The molecule has 25 heavy (non-hydrogen) atoms. The Morgan fingerprint density at radius 2 is 1.84 bits per heavy atom. The summed E-state index contributed by atoms with van der Waals surface area (Å²) in [5.74, 6) is -0.191. The molecule has 1 aliphatic rings. The molecule has 0 spiro atoms. The van der Waals surface area contributed by atoms with Crippen LogP contribution in [0.5, 0.6) is 5.75 Å². The maximum atomic E-state index is 12.9. The van der Waals surface area contributed by atoms with Crippen LogP contribution < -0.4 is 15.0 Å². The summed E-state index contributed by atoms with van der Waals surface area (Å²) < 4.78 is 18.7. The molecular weight excluding hydrogens is 323 g/mol. The number of ether oxygens (including phenoxy) is 1. The van der Waals surface area contributed by atoms with Gasteiger partial charge in [-0.1, -0.05) is 12.1 Å². The highest BCUT2D eigenvalue weighted by molar-refractivity contribution is 6.03. The number of fused-ring (bicyclic) bond motifs is 1. The highest BCUT2D eigenvalue weighted by Crippen LogP contribution is 2.37. The Bertz CT molecular complexity index is 803. The van der Waals surface area contributed by atoms with Gasteiger partial charge in [-0.2, -0.15) is 0 Å². The van der Waals surface area contributed by atoms with E-state index >= 15 is 0 Å². The molecule has 2 aromatic rings. The summed E-state index contributed by atoms with van der Waals surface area (Å²) in [6.45, 7) is 3.64. The van der Waals surface area contributed by atoms with E-state index in [0.29, 0.717) is 17.1 Å². The summed E-state index contributed by atoms with van der Waals surface area (Å²) in [6.07, 6.45) is 0.119. The maximum Gasteiger partial charge on any atom is 0.270 e. The van der Waals surface area contributed by atoms with Crippen LogP contribution >= 0.6 is 0 Å². The standard InChI is InChI=1S/C19H19FN2O3/c1-19(2)18(24)22(15-5-3-4-6-16(15)25-19)12-11-17(23)21-14-9-7-13(20)8-10-14/h3-10H,11-12H2,1-2H3,(H,21,23). The molecule has 0 radical (unpaired) electrons. The van der Waals surface area contributed by atoms with Crippen molar-refractivity contribution in [2.45, 2.75) is 25.9 Å². The van der Waals surface area contributed by atoms with E-state index in [0.717, 1.165) is 0 Å². The van der Waals surface area contributed by atoms with Gasteiger partial charge in [0.15, 0.2) is 5.60 Å². The minimum Gasteiger partial charge on any atom is -0.476 e. The SMILES string of the molecule is CC1(C)Oc2ccccc2N(CCC(=O)Nc2ccc(F)cc2)C1=O. The molecule has 2 aromatic carbocycles. The molecule has 2 amide bonds. The molecule has 3 rings (SSSR count). The first-order valence-corrected chi connectivity index (χ1v) is 8.02. The third-order valence-electron chi connectivity index (χ3n) is 3.97. The number of rotatable bonds is 4. The Morgan fingerprint density at radius 3 is 2.56 bits per heavy atom. The van der Waals surface area contributed by atoms with Gasteiger partial charge in [0.1, 0.15) is 11.6 Å². The van der Waals surface area contributed by atoms with Crippen LogP contribution in [0.2, 0.25) is 0 Å². The number of hydrogen-bond donors (Lipinski definition) is 1. The topological polar surface area (TPSA) is 58.6 Å².